The Balaban J connectivity index is 1.77. The molecule has 2 N–H and O–H groups in total. The fraction of sp³-hybridized carbons (Fsp3) is 0.263. The number of aryl methyl sites for hydroxylation is 1. The molecular formula is C19H20BrClN4O2S. The van der Waals surface area contributed by atoms with Gasteiger partial charge in [0.2, 0.25) is 4.77 Å². The lowest BCUT2D eigenvalue weighted by atomic mass is 10.2. The van der Waals surface area contributed by atoms with E-state index in [4.69, 9.17) is 33.3 Å². The molecule has 6 nitrogen and oxygen atoms in total. The molecule has 2 aromatic carbocycles. The molecule has 0 unspecified atom stereocenters. The molecule has 1 heterocycles. The van der Waals surface area contributed by atoms with Crippen molar-refractivity contribution in [3.8, 4) is 11.5 Å². The van der Waals surface area contributed by atoms with Gasteiger partial charge in [-0.15, -0.1) is 0 Å². The summed E-state index contributed by atoms with van der Waals surface area (Å²) >= 11 is 14.7. The van der Waals surface area contributed by atoms with Crippen molar-refractivity contribution in [2.45, 2.75) is 27.0 Å². The van der Waals surface area contributed by atoms with Crippen molar-refractivity contribution in [3.05, 3.63) is 67.6 Å². The van der Waals surface area contributed by atoms with E-state index in [1.807, 2.05) is 50.2 Å². The Morgan fingerprint density at radius 2 is 1.96 bits per heavy atom. The lowest BCUT2D eigenvalue weighted by molar-refractivity contribution is 0.267. The van der Waals surface area contributed by atoms with E-state index in [9.17, 15) is 0 Å². The fourth-order valence-corrected chi connectivity index (χ4v) is 3.57. The SMILES string of the molecule is CCOc1cc(CNn2c(C)n[nH]c2=S)cc(Br)c1OCc1ccc(Cl)cc1. The maximum absolute atomic E-state index is 6.02. The second-order valence-electron chi connectivity index (χ2n) is 6.00. The molecule has 3 rings (SSSR count). The first-order valence-electron chi connectivity index (χ1n) is 8.68. The largest absolute Gasteiger partial charge is 0.490 e. The van der Waals surface area contributed by atoms with Crippen molar-refractivity contribution in [1.82, 2.24) is 14.9 Å². The summed E-state index contributed by atoms with van der Waals surface area (Å²) < 4.78 is 14.9. The van der Waals surface area contributed by atoms with Crippen molar-refractivity contribution in [2.75, 3.05) is 12.0 Å². The Kier molecular flexibility index (Phi) is 6.98. The van der Waals surface area contributed by atoms with E-state index < -0.39 is 0 Å². The Morgan fingerprint density at radius 3 is 2.61 bits per heavy atom. The average Bonchev–Trinajstić information content (AvgIpc) is 2.99. The van der Waals surface area contributed by atoms with Crippen LogP contribution in [0, 0.1) is 11.7 Å². The number of nitrogens with one attached hydrogen (secondary N) is 2. The molecule has 28 heavy (non-hydrogen) atoms. The van der Waals surface area contributed by atoms with Gasteiger partial charge in [0.05, 0.1) is 17.6 Å². The van der Waals surface area contributed by atoms with Crippen LogP contribution in [0.1, 0.15) is 23.9 Å². The summed E-state index contributed by atoms with van der Waals surface area (Å²) in [4.78, 5) is 0. The number of aromatic nitrogens is 3. The molecule has 3 aromatic rings. The summed E-state index contributed by atoms with van der Waals surface area (Å²) in [6.07, 6.45) is 0. The van der Waals surface area contributed by atoms with Crippen LogP contribution in [0.5, 0.6) is 11.5 Å². The summed E-state index contributed by atoms with van der Waals surface area (Å²) in [6, 6.07) is 11.5. The summed E-state index contributed by atoms with van der Waals surface area (Å²) in [5.41, 5.74) is 5.28. The second kappa shape index (κ2) is 9.45. The van der Waals surface area contributed by atoms with E-state index in [-0.39, 0.29) is 0 Å². The predicted octanol–water partition coefficient (Wildman–Crippen LogP) is 5.39. The molecule has 0 aliphatic carbocycles. The molecule has 0 radical (unpaired) electrons. The van der Waals surface area contributed by atoms with Crippen LogP contribution < -0.4 is 14.9 Å². The van der Waals surface area contributed by atoms with Gasteiger partial charge in [-0.3, -0.25) is 5.10 Å². The van der Waals surface area contributed by atoms with Gasteiger partial charge in [0, 0.05) is 5.02 Å². The first-order chi connectivity index (χ1) is 13.5. The predicted molar refractivity (Wildman–Crippen MR) is 116 cm³/mol. The Bertz CT molecular complexity index is 1000. The number of H-pyrrole nitrogens is 1. The monoisotopic (exact) mass is 482 g/mol. The number of rotatable bonds is 8. The van der Waals surface area contributed by atoms with E-state index in [1.165, 1.54) is 0 Å². The lowest BCUT2D eigenvalue weighted by Gasteiger charge is -2.16. The van der Waals surface area contributed by atoms with Gasteiger partial charge >= 0.3 is 0 Å². The molecule has 0 aliphatic rings. The Labute approximate surface area is 181 Å². The molecule has 1 aromatic heterocycles. The third kappa shape index (κ3) is 5.06. The summed E-state index contributed by atoms with van der Waals surface area (Å²) in [5.74, 6) is 2.10. The minimum atomic E-state index is 0.414. The smallest absolute Gasteiger partial charge is 0.214 e. The Hall–Kier alpha value is -2.03. The molecule has 148 valence electrons. The summed E-state index contributed by atoms with van der Waals surface area (Å²) in [6.45, 7) is 5.30. The average molecular weight is 484 g/mol. The second-order valence-corrected chi connectivity index (χ2v) is 7.68. The molecule has 0 saturated heterocycles. The van der Waals surface area contributed by atoms with Gasteiger partial charge in [-0.25, -0.2) is 4.68 Å². The number of benzene rings is 2. The highest BCUT2D eigenvalue weighted by atomic mass is 79.9. The molecule has 9 heteroatoms. The van der Waals surface area contributed by atoms with E-state index in [0.29, 0.717) is 41.1 Å². The Morgan fingerprint density at radius 1 is 1.21 bits per heavy atom. The molecule has 0 aliphatic heterocycles. The number of hydrogen-bond donors (Lipinski definition) is 2. The van der Waals surface area contributed by atoms with Gasteiger partial charge in [-0.2, -0.15) is 5.10 Å². The van der Waals surface area contributed by atoms with Crippen LogP contribution in [0.3, 0.4) is 0 Å². The van der Waals surface area contributed by atoms with Crippen LogP contribution in [-0.4, -0.2) is 21.5 Å². The van der Waals surface area contributed by atoms with E-state index in [1.54, 1.807) is 4.68 Å². The highest BCUT2D eigenvalue weighted by Gasteiger charge is 2.13. The molecule has 0 fully saturated rings. The van der Waals surface area contributed by atoms with Gasteiger partial charge in [-0.1, -0.05) is 23.7 Å². The molecule has 0 spiro atoms. The van der Waals surface area contributed by atoms with Crippen molar-refractivity contribution in [1.29, 1.82) is 0 Å². The first-order valence-corrected chi connectivity index (χ1v) is 10.3. The maximum Gasteiger partial charge on any atom is 0.214 e. The number of ether oxygens (including phenoxy) is 2. The van der Waals surface area contributed by atoms with Crippen molar-refractivity contribution >= 4 is 39.7 Å². The number of aromatic amines is 1. The molecule has 0 amide bonds. The normalized spacial score (nSPS) is 10.7. The molecular weight excluding hydrogens is 464 g/mol. The molecule has 0 saturated carbocycles. The van der Waals surface area contributed by atoms with Gasteiger partial charge < -0.3 is 14.9 Å². The van der Waals surface area contributed by atoms with E-state index in [0.717, 1.165) is 21.4 Å². The quantitative estimate of drug-likeness (QED) is 0.421. The van der Waals surface area contributed by atoms with Gasteiger partial charge in [0.25, 0.3) is 0 Å². The van der Waals surface area contributed by atoms with Crippen LogP contribution in [-0.2, 0) is 13.2 Å². The standard InChI is InChI=1S/C19H20BrClN4O2S/c1-3-26-17-9-14(10-22-25-12(2)23-24-19(25)28)8-16(20)18(17)27-11-13-4-6-15(21)7-5-13/h4-9,22H,3,10-11H2,1-2H3,(H,24,28). The van der Waals surface area contributed by atoms with Crippen LogP contribution in [0.4, 0.5) is 0 Å². The van der Waals surface area contributed by atoms with Crippen molar-refractivity contribution in [2.24, 2.45) is 0 Å². The highest BCUT2D eigenvalue weighted by Crippen LogP contribution is 2.37. The van der Waals surface area contributed by atoms with Crippen LogP contribution >= 0.6 is 39.7 Å². The van der Waals surface area contributed by atoms with Crippen LogP contribution in [0.2, 0.25) is 5.02 Å². The zero-order valence-electron chi connectivity index (χ0n) is 15.5. The number of halogens is 2. The third-order valence-corrected chi connectivity index (χ3v) is 5.06. The first kappa shape index (κ1) is 20.7. The van der Waals surface area contributed by atoms with Gasteiger partial charge in [0.1, 0.15) is 12.4 Å². The minimum absolute atomic E-state index is 0.414. The maximum atomic E-state index is 6.02. The third-order valence-electron chi connectivity index (χ3n) is 3.95. The summed E-state index contributed by atoms with van der Waals surface area (Å²) in [7, 11) is 0. The topological polar surface area (TPSA) is 64.1 Å². The van der Waals surface area contributed by atoms with Crippen molar-refractivity contribution < 1.29 is 9.47 Å². The zero-order valence-corrected chi connectivity index (χ0v) is 18.6. The van der Waals surface area contributed by atoms with Crippen LogP contribution in [0.15, 0.2) is 40.9 Å². The highest BCUT2D eigenvalue weighted by molar-refractivity contribution is 9.10. The minimum Gasteiger partial charge on any atom is -0.490 e. The fourth-order valence-electron chi connectivity index (χ4n) is 2.59. The molecule has 0 bridgehead atoms. The summed E-state index contributed by atoms with van der Waals surface area (Å²) in [5, 5.41) is 7.54. The number of nitrogens with zero attached hydrogens (tertiary/aromatic N) is 2. The van der Waals surface area contributed by atoms with Gasteiger partial charge in [-0.05, 0) is 77.4 Å². The zero-order chi connectivity index (χ0) is 20.1. The van der Waals surface area contributed by atoms with Crippen molar-refractivity contribution in [3.63, 3.8) is 0 Å². The lowest BCUT2D eigenvalue weighted by Crippen LogP contribution is -2.16. The van der Waals surface area contributed by atoms with E-state index >= 15 is 0 Å². The van der Waals surface area contributed by atoms with E-state index in [2.05, 4.69) is 31.6 Å². The van der Waals surface area contributed by atoms with Gasteiger partial charge in [0.15, 0.2) is 11.5 Å². The number of hydrogen-bond acceptors (Lipinski definition) is 5. The molecule has 0 atom stereocenters. The van der Waals surface area contributed by atoms with Crippen LogP contribution in [0.25, 0.3) is 0 Å².